The molecule has 6 nitrogen and oxygen atoms in total. The van der Waals surface area contributed by atoms with Crippen LogP contribution < -0.4 is 5.32 Å². The van der Waals surface area contributed by atoms with Crippen molar-refractivity contribution in [3.05, 3.63) is 0 Å². The van der Waals surface area contributed by atoms with Crippen LogP contribution in [-0.2, 0) is 23.9 Å². The molecule has 1 heterocycles. The minimum absolute atomic E-state index is 0.0806. The fraction of sp³-hybridized carbons (Fsp3) is 0.903. The second kappa shape index (κ2) is 20.4. The van der Waals surface area contributed by atoms with E-state index in [1.54, 1.807) is 0 Å². The first-order valence-electron chi connectivity index (χ1n) is 15.4. The Morgan fingerprint density at radius 3 is 2.05 bits per heavy atom. The zero-order chi connectivity index (χ0) is 27.5. The lowest BCUT2D eigenvalue weighted by Crippen LogP contribution is -2.48. The van der Waals surface area contributed by atoms with E-state index in [1.165, 1.54) is 57.8 Å². The van der Waals surface area contributed by atoms with Crippen molar-refractivity contribution >= 4 is 18.3 Å². The summed E-state index contributed by atoms with van der Waals surface area (Å²) >= 11 is 0. The number of cyclic esters (lactones) is 1. The predicted molar refractivity (Wildman–Crippen MR) is 150 cm³/mol. The number of esters is 2. The average molecular weight is 524 g/mol. The Hall–Kier alpha value is -1.59. The van der Waals surface area contributed by atoms with Crippen LogP contribution in [-0.4, -0.2) is 36.6 Å². The van der Waals surface area contributed by atoms with E-state index in [-0.39, 0.29) is 36.0 Å². The van der Waals surface area contributed by atoms with Gasteiger partial charge in [0, 0.05) is 6.42 Å². The molecule has 0 aromatic heterocycles. The highest BCUT2D eigenvalue weighted by Crippen LogP contribution is 2.33. The van der Waals surface area contributed by atoms with Gasteiger partial charge in [0.05, 0.1) is 5.92 Å². The summed E-state index contributed by atoms with van der Waals surface area (Å²) in [4.78, 5) is 36.2. The van der Waals surface area contributed by atoms with E-state index in [9.17, 15) is 14.4 Å². The van der Waals surface area contributed by atoms with Gasteiger partial charge < -0.3 is 14.8 Å². The molecule has 1 fully saturated rings. The molecule has 4 atom stereocenters. The van der Waals surface area contributed by atoms with Gasteiger partial charge in [-0.3, -0.25) is 9.59 Å². The van der Waals surface area contributed by atoms with Crippen molar-refractivity contribution in [1.29, 1.82) is 0 Å². The van der Waals surface area contributed by atoms with Crippen molar-refractivity contribution in [2.75, 3.05) is 0 Å². The molecule has 1 rings (SSSR count). The summed E-state index contributed by atoms with van der Waals surface area (Å²) in [6.07, 6.45) is 18.5. The Bertz CT molecular complexity index is 621. The third-order valence-electron chi connectivity index (χ3n) is 7.48. The maximum atomic E-state index is 12.9. The molecule has 0 unspecified atom stereocenters. The molecule has 0 radical (unpaired) electrons. The fourth-order valence-electron chi connectivity index (χ4n) is 5.21. The van der Waals surface area contributed by atoms with Crippen LogP contribution in [0.2, 0.25) is 0 Å². The summed E-state index contributed by atoms with van der Waals surface area (Å²) in [6, 6.07) is -0.635. The quantitative estimate of drug-likeness (QED) is 0.0804. The number of carbonyl (C=O) groups excluding carboxylic acids is 3. The molecule has 1 saturated heterocycles. The van der Waals surface area contributed by atoms with E-state index in [1.807, 2.05) is 13.8 Å². The van der Waals surface area contributed by atoms with E-state index in [0.717, 1.165) is 38.5 Å². The number of amides is 1. The van der Waals surface area contributed by atoms with Crippen LogP contribution in [0.25, 0.3) is 0 Å². The zero-order valence-electron chi connectivity index (χ0n) is 24.6. The Balaban J connectivity index is 2.58. The lowest BCUT2D eigenvalue weighted by atomic mass is 9.86. The molecule has 37 heavy (non-hydrogen) atoms. The van der Waals surface area contributed by atoms with Crippen LogP contribution in [0, 0.1) is 17.8 Å². The van der Waals surface area contributed by atoms with Crippen LogP contribution in [0.15, 0.2) is 0 Å². The van der Waals surface area contributed by atoms with Gasteiger partial charge in [-0.15, -0.1) is 0 Å². The van der Waals surface area contributed by atoms with Crippen molar-refractivity contribution in [3.8, 4) is 0 Å². The fourth-order valence-corrected chi connectivity index (χ4v) is 5.21. The van der Waals surface area contributed by atoms with E-state index in [4.69, 9.17) is 9.47 Å². The molecule has 1 aliphatic heterocycles. The number of nitrogens with one attached hydrogen (secondary N) is 1. The van der Waals surface area contributed by atoms with Gasteiger partial charge in [0.15, 0.2) is 0 Å². The van der Waals surface area contributed by atoms with Gasteiger partial charge in [-0.2, -0.15) is 0 Å². The van der Waals surface area contributed by atoms with Crippen molar-refractivity contribution in [1.82, 2.24) is 5.32 Å². The number of hydrogen-bond donors (Lipinski definition) is 1. The summed E-state index contributed by atoms with van der Waals surface area (Å²) < 4.78 is 11.5. The maximum Gasteiger partial charge on any atom is 0.328 e. The van der Waals surface area contributed by atoms with Crippen molar-refractivity contribution < 1.29 is 23.9 Å². The third kappa shape index (κ3) is 15.4. The molecule has 0 spiro atoms. The first kappa shape index (κ1) is 33.4. The van der Waals surface area contributed by atoms with Crippen LogP contribution in [0.4, 0.5) is 0 Å². The Morgan fingerprint density at radius 2 is 1.49 bits per heavy atom. The minimum atomic E-state index is -0.635. The SMILES string of the molecule is CCCCCCCCCCC[C@@H](C[C@@H]1OC(=O)[C@H]1CCCCCC(C)C)OC(=O)[C@H](CC(C)C)NC=O. The van der Waals surface area contributed by atoms with E-state index < -0.39 is 6.04 Å². The first-order chi connectivity index (χ1) is 17.8. The summed E-state index contributed by atoms with van der Waals surface area (Å²) in [7, 11) is 0. The topological polar surface area (TPSA) is 81.7 Å². The first-order valence-corrected chi connectivity index (χ1v) is 15.4. The van der Waals surface area contributed by atoms with Gasteiger partial charge in [0.1, 0.15) is 18.2 Å². The van der Waals surface area contributed by atoms with E-state index in [2.05, 4.69) is 26.1 Å². The highest BCUT2D eigenvalue weighted by atomic mass is 16.6. The number of carbonyl (C=O) groups is 3. The summed E-state index contributed by atoms with van der Waals surface area (Å²) in [6.45, 7) is 10.8. The van der Waals surface area contributed by atoms with Gasteiger partial charge in [-0.1, -0.05) is 112 Å². The van der Waals surface area contributed by atoms with Crippen molar-refractivity contribution in [2.24, 2.45) is 17.8 Å². The monoisotopic (exact) mass is 523 g/mol. The molecule has 1 amide bonds. The largest absolute Gasteiger partial charge is 0.461 e. The van der Waals surface area contributed by atoms with Gasteiger partial charge >= 0.3 is 11.9 Å². The number of hydrogen-bond acceptors (Lipinski definition) is 5. The molecule has 6 heteroatoms. The molecule has 1 N–H and O–H groups in total. The zero-order valence-corrected chi connectivity index (χ0v) is 24.6. The van der Waals surface area contributed by atoms with Crippen molar-refractivity contribution in [3.63, 3.8) is 0 Å². The molecule has 0 saturated carbocycles. The highest BCUT2D eigenvalue weighted by molar-refractivity contribution is 5.79. The second-order valence-electron chi connectivity index (χ2n) is 12.0. The Kier molecular flexibility index (Phi) is 18.4. The molecule has 0 aromatic carbocycles. The van der Waals surface area contributed by atoms with Crippen LogP contribution in [0.1, 0.15) is 144 Å². The van der Waals surface area contributed by atoms with Gasteiger partial charge in [-0.25, -0.2) is 4.79 Å². The average Bonchev–Trinajstić information content (AvgIpc) is 2.83. The van der Waals surface area contributed by atoms with E-state index >= 15 is 0 Å². The minimum Gasteiger partial charge on any atom is -0.461 e. The Morgan fingerprint density at radius 1 is 0.892 bits per heavy atom. The number of ether oxygens (including phenoxy) is 2. The normalized spacial score (nSPS) is 18.8. The van der Waals surface area contributed by atoms with E-state index in [0.29, 0.717) is 25.2 Å². The standard InChI is InChI=1S/C31H57NO5/c1-6-7-8-9-10-11-12-13-16-19-26(36-31(35)28(32-23-33)21-25(4)5)22-29-27(30(34)37-29)20-17-14-15-18-24(2)3/h23-29H,6-22H2,1-5H3,(H,32,33)/t26-,27-,28-,29-/m0/s1. The lowest BCUT2D eigenvalue weighted by Gasteiger charge is -2.37. The Labute approximate surface area is 227 Å². The van der Waals surface area contributed by atoms with Gasteiger partial charge in [0.25, 0.3) is 0 Å². The molecule has 0 aliphatic carbocycles. The molecule has 0 aromatic rings. The molecule has 1 aliphatic rings. The third-order valence-corrected chi connectivity index (χ3v) is 7.48. The second-order valence-corrected chi connectivity index (χ2v) is 12.0. The number of unbranched alkanes of at least 4 members (excludes halogenated alkanes) is 10. The predicted octanol–water partition coefficient (Wildman–Crippen LogP) is 7.52. The van der Waals surface area contributed by atoms with Crippen LogP contribution >= 0.6 is 0 Å². The summed E-state index contributed by atoms with van der Waals surface area (Å²) in [5.74, 6) is 0.405. The van der Waals surface area contributed by atoms with Gasteiger partial charge in [0.2, 0.25) is 6.41 Å². The highest BCUT2D eigenvalue weighted by Gasteiger charge is 2.43. The smallest absolute Gasteiger partial charge is 0.328 e. The van der Waals surface area contributed by atoms with Crippen LogP contribution in [0.5, 0.6) is 0 Å². The van der Waals surface area contributed by atoms with Crippen LogP contribution in [0.3, 0.4) is 0 Å². The number of rotatable bonds is 24. The molecule has 0 bridgehead atoms. The maximum absolute atomic E-state index is 12.9. The summed E-state index contributed by atoms with van der Waals surface area (Å²) in [5, 5.41) is 2.63. The van der Waals surface area contributed by atoms with Gasteiger partial charge in [-0.05, 0) is 37.5 Å². The molecular formula is C31H57NO5. The summed E-state index contributed by atoms with van der Waals surface area (Å²) in [5.41, 5.74) is 0. The van der Waals surface area contributed by atoms with Crippen molar-refractivity contribution in [2.45, 2.75) is 162 Å². The molecule has 216 valence electrons. The molecular weight excluding hydrogens is 466 g/mol. The lowest BCUT2D eigenvalue weighted by molar-refractivity contribution is -0.190.